The number of amides is 1. The number of hydrogen-bond donors (Lipinski definition) is 0. The molecule has 0 spiro atoms. The lowest BCUT2D eigenvalue weighted by Crippen LogP contribution is -2.51. The Labute approximate surface area is 151 Å². The summed E-state index contributed by atoms with van der Waals surface area (Å²) in [6, 6.07) is 1.81. The van der Waals surface area contributed by atoms with E-state index in [9.17, 15) is 13.6 Å². The van der Waals surface area contributed by atoms with Crippen LogP contribution >= 0.6 is 11.6 Å². The van der Waals surface area contributed by atoms with E-state index < -0.39 is 11.6 Å². The molecule has 2 aliphatic heterocycles. The molecule has 2 saturated heterocycles. The third-order valence-corrected chi connectivity index (χ3v) is 5.16. The van der Waals surface area contributed by atoms with Crippen molar-refractivity contribution in [2.24, 2.45) is 0 Å². The maximum absolute atomic E-state index is 13.5. The molecule has 0 aliphatic carbocycles. The Kier molecular flexibility index (Phi) is 5.61. The van der Waals surface area contributed by atoms with E-state index in [-0.39, 0.29) is 34.7 Å². The molecule has 25 heavy (non-hydrogen) atoms. The molecule has 0 bridgehead atoms. The van der Waals surface area contributed by atoms with Gasteiger partial charge in [0.15, 0.2) is 11.6 Å². The molecule has 0 radical (unpaired) electrons. The monoisotopic (exact) mass is 372 g/mol. The van der Waals surface area contributed by atoms with Crippen LogP contribution in [0, 0.1) is 11.6 Å². The molecule has 2 fully saturated rings. The van der Waals surface area contributed by atoms with E-state index in [1.54, 1.807) is 4.90 Å². The highest BCUT2D eigenvalue weighted by molar-refractivity contribution is 6.33. The van der Waals surface area contributed by atoms with Gasteiger partial charge in [-0.3, -0.25) is 9.69 Å². The van der Waals surface area contributed by atoms with Crippen LogP contribution in [0.15, 0.2) is 12.1 Å². The standard InChI is InChI=1S/C18H23ClF2N2O2/c1-11-8-22(9-12(2)25-11)10-13-4-3-5-23(13)18(24)14-6-16(20)17(21)7-15(14)19/h6-7,11-13H,3-5,8-10H2,1-2H3. The van der Waals surface area contributed by atoms with Crippen molar-refractivity contribution in [2.75, 3.05) is 26.2 Å². The van der Waals surface area contributed by atoms with Crippen molar-refractivity contribution in [1.82, 2.24) is 9.80 Å². The van der Waals surface area contributed by atoms with Gasteiger partial charge in [0.05, 0.1) is 22.8 Å². The predicted molar refractivity (Wildman–Crippen MR) is 91.9 cm³/mol. The number of benzene rings is 1. The van der Waals surface area contributed by atoms with Crippen LogP contribution in [0.2, 0.25) is 5.02 Å². The first-order valence-electron chi connectivity index (χ1n) is 8.68. The van der Waals surface area contributed by atoms with Crippen LogP contribution in [-0.4, -0.2) is 60.1 Å². The first-order valence-corrected chi connectivity index (χ1v) is 9.06. The van der Waals surface area contributed by atoms with Gasteiger partial charge in [-0.1, -0.05) is 11.6 Å². The Morgan fingerprint density at radius 1 is 1.24 bits per heavy atom. The van der Waals surface area contributed by atoms with Crippen LogP contribution in [0.4, 0.5) is 8.78 Å². The van der Waals surface area contributed by atoms with Crippen molar-refractivity contribution in [1.29, 1.82) is 0 Å². The van der Waals surface area contributed by atoms with Gasteiger partial charge < -0.3 is 9.64 Å². The largest absolute Gasteiger partial charge is 0.373 e. The molecular weight excluding hydrogens is 350 g/mol. The molecule has 2 heterocycles. The second-order valence-electron chi connectivity index (χ2n) is 7.02. The molecule has 3 rings (SSSR count). The number of halogens is 3. The van der Waals surface area contributed by atoms with E-state index in [1.807, 2.05) is 13.8 Å². The molecule has 1 aromatic rings. The van der Waals surface area contributed by atoms with Gasteiger partial charge >= 0.3 is 0 Å². The smallest absolute Gasteiger partial charge is 0.255 e. The third-order valence-electron chi connectivity index (χ3n) is 4.84. The zero-order valence-corrected chi connectivity index (χ0v) is 15.2. The minimum absolute atomic E-state index is 0.0242. The Balaban J connectivity index is 1.73. The first kappa shape index (κ1) is 18.5. The van der Waals surface area contributed by atoms with Crippen LogP contribution in [0.1, 0.15) is 37.0 Å². The molecule has 0 saturated carbocycles. The summed E-state index contributed by atoms with van der Waals surface area (Å²) in [5, 5.41) is -0.0526. The van der Waals surface area contributed by atoms with Crippen molar-refractivity contribution in [3.63, 3.8) is 0 Å². The van der Waals surface area contributed by atoms with Gasteiger partial charge in [-0.2, -0.15) is 0 Å². The van der Waals surface area contributed by atoms with Crippen LogP contribution in [0.25, 0.3) is 0 Å². The molecule has 1 aromatic carbocycles. The average molecular weight is 373 g/mol. The fourth-order valence-corrected chi connectivity index (χ4v) is 4.10. The Hall–Kier alpha value is -1.24. The van der Waals surface area contributed by atoms with Crippen molar-refractivity contribution in [3.05, 3.63) is 34.4 Å². The lowest BCUT2D eigenvalue weighted by atomic mass is 10.1. The zero-order chi connectivity index (χ0) is 18.1. The number of ether oxygens (including phenoxy) is 1. The molecule has 7 heteroatoms. The van der Waals surface area contributed by atoms with Gasteiger partial charge in [0, 0.05) is 32.2 Å². The molecule has 0 aromatic heterocycles. The molecule has 0 N–H and O–H groups in total. The SMILES string of the molecule is CC1CN(CC2CCCN2C(=O)c2cc(F)c(F)cc2Cl)CC(C)O1. The Bertz CT molecular complexity index is 648. The summed E-state index contributed by atoms with van der Waals surface area (Å²) < 4.78 is 32.5. The number of carbonyl (C=O) groups is 1. The quantitative estimate of drug-likeness (QED) is 0.763. The van der Waals surface area contributed by atoms with E-state index in [4.69, 9.17) is 16.3 Å². The lowest BCUT2D eigenvalue weighted by Gasteiger charge is -2.38. The molecule has 138 valence electrons. The summed E-state index contributed by atoms with van der Waals surface area (Å²) >= 11 is 5.97. The number of nitrogens with zero attached hydrogens (tertiary/aromatic N) is 2. The first-order chi connectivity index (χ1) is 11.8. The van der Waals surface area contributed by atoms with E-state index in [0.717, 1.165) is 44.6 Å². The second-order valence-corrected chi connectivity index (χ2v) is 7.42. The van der Waals surface area contributed by atoms with Crippen LogP contribution in [-0.2, 0) is 4.74 Å². The summed E-state index contributed by atoms with van der Waals surface area (Å²) in [7, 11) is 0. The fraction of sp³-hybridized carbons (Fsp3) is 0.611. The number of hydrogen-bond acceptors (Lipinski definition) is 3. The lowest BCUT2D eigenvalue weighted by molar-refractivity contribution is -0.0715. The highest BCUT2D eigenvalue weighted by Crippen LogP contribution is 2.27. The number of rotatable bonds is 3. The third kappa shape index (κ3) is 4.13. The zero-order valence-electron chi connectivity index (χ0n) is 14.5. The average Bonchev–Trinajstić information content (AvgIpc) is 2.97. The van der Waals surface area contributed by atoms with Crippen molar-refractivity contribution < 1.29 is 18.3 Å². The molecule has 2 aliphatic rings. The van der Waals surface area contributed by atoms with E-state index in [1.165, 1.54) is 0 Å². The topological polar surface area (TPSA) is 32.8 Å². The van der Waals surface area contributed by atoms with Gasteiger partial charge in [0.25, 0.3) is 5.91 Å². The van der Waals surface area contributed by atoms with Gasteiger partial charge in [0.2, 0.25) is 0 Å². The molecule has 1 amide bonds. The summed E-state index contributed by atoms with van der Waals surface area (Å²) in [6.45, 7) is 7.10. The second kappa shape index (κ2) is 7.56. The number of morpholine rings is 1. The number of carbonyl (C=O) groups excluding carboxylic acids is 1. The van der Waals surface area contributed by atoms with Gasteiger partial charge in [-0.05, 0) is 38.8 Å². The fourth-order valence-electron chi connectivity index (χ4n) is 3.87. The van der Waals surface area contributed by atoms with Crippen molar-refractivity contribution in [2.45, 2.75) is 44.9 Å². The minimum Gasteiger partial charge on any atom is -0.373 e. The summed E-state index contributed by atoms with van der Waals surface area (Å²) in [4.78, 5) is 16.9. The molecule has 3 unspecified atom stereocenters. The maximum Gasteiger partial charge on any atom is 0.255 e. The van der Waals surface area contributed by atoms with Crippen LogP contribution in [0.5, 0.6) is 0 Å². The van der Waals surface area contributed by atoms with Crippen molar-refractivity contribution in [3.8, 4) is 0 Å². The number of likely N-dealkylation sites (tertiary alicyclic amines) is 1. The highest BCUT2D eigenvalue weighted by atomic mass is 35.5. The van der Waals surface area contributed by atoms with E-state index in [0.29, 0.717) is 6.54 Å². The van der Waals surface area contributed by atoms with E-state index in [2.05, 4.69) is 4.90 Å². The van der Waals surface area contributed by atoms with Gasteiger partial charge in [0.1, 0.15) is 0 Å². The molecule has 3 atom stereocenters. The minimum atomic E-state index is -1.06. The normalized spacial score (nSPS) is 27.7. The summed E-state index contributed by atoms with van der Waals surface area (Å²) in [5.41, 5.74) is 0.0242. The Morgan fingerprint density at radius 3 is 2.56 bits per heavy atom. The highest BCUT2D eigenvalue weighted by Gasteiger charge is 2.33. The van der Waals surface area contributed by atoms with Crippen LogP contribution < -0.4 is 0 Å². The van der Waals surface area contributed by atoms with Gasteiger partial charge in [-0.15, -0.1) is 0 Å². The summed E-state index contributed by atoms with van der Waals surface area (Å²) in [5.74, 6) is -2.43. The maximum atomic E-state index is 13.5. The van der Waals surface area contributed by atoms with Crippen molar-refractivity contribution >= 4 is 17.5 Å². The molecular formula is C18H23ClF2N2O2. The predicted octanol–water partition coefficient (Wildman–Crippen LogP) is 3.33. The van der Waals surface area contributed by atoms with Gasteiger partial charge in [-0.25, -0.2) is 8.78 Å². The summed E-state index contributed by atoms with van der Waals surface area (Å²) in [6.07, 6.45) is 2.12. The van der Waals surface area contributed by atoms with Crippen LogP contribution in [0.3, 0.4) is 0 Å². The van der Waals surface area contributed by atoms with E-state index >= 15 is 0 Å². The Morgan fingerprint density at radius 2 is 1.88 bits per heavy atom. The molecule has 4 nitrogen and oxygen atoms in total.